The summed E-state index contributed by atoms with van der Waals surface area (Å²) in [5, 5.41) is 15.7. The van der Waals surface area contributed by atoms with Crippen LogP contribution in [0.4, 0.5) is 9.59 Å². The van der Waals surface area contributed by atoms with Crippen LogP contribution in [0.25, 0.3) is 10.9 Å². The molecule has 6 amide bonds. The van der Waals surface area contributed by atoms with Crippen LogP contribution in [0.3, 0.4) is 0 Å². The number of fused-ring (bicyclic) bond motifs is 3. The third-order valence-corrected chi connectivity index (χ3v) is 11.5. The molecule has 4 aliphatic heterocycles. The number of aliphatic carboxylic acids is 1. The molecule has 0 spiro atoms. The van der Waals surface area contributed by atoms with Gasteiger partial charge in [-0.1, -0.05) is 18.2 Å². The first kappa shape index (κ1) is 49.3. The van der Waals surface area contributed by atoms with Crippen molar-refractivity contribution in [3.05, 3.63) is 36.5 Å². The van der Waals surface area contributed by atoms with E-state index in [0.29, 0.717) is 25.7 Å². The topological polar surface area (TPSA) is 236 Å². The Morgan fingerprint density at radius 1 is 0.688 bits per heavy atom. The Morgan fingerprint density at radius 2 is 1.12 bits per heavy atom. The summed E-state index contributed by atoms with van der Waals surface area (Å²) in [6, 6.07) is 4.25. The molecule has 20 nitrogen and oxygen atoms in total. The standard InChI is InChI=1S/C26H34N4O6.C18H29N3O7/c1-16(28(5)25(34)36-26(2,3)4)22(31)27-18-13-15-35-21-11-10-20(30(21)23(18)32)24(33)29-14-12-17-8-6-7-9-19(17)29;1-10(20(5)17(26)28-18(2,3)4)14(22)19-11-8-9-27-13-7-6-12(16(24)25)21(13)15(11)23/h6-9,12,14,16,18,20-21H,10-11,13,15H2,1-5H3,(H,27,31);10-13H,6-9H2,1-5H3,(H,19,22)(H,24,25)/t16-,18+,20+,21-;10-,11-,12+,13-/m00/s1. The fourth-order valence-electron chi connectivity index (χ4n) is 7.84. The van der Waals surface area contributed by atoms with Crippen molar-refractivity contribution in [2.45, 2.75) is 154 Å². The molecule has 3 N–H and O–H groups in total. The number of carboxylic acids is 1. The Balaban J connectivity index is 0.000000249. The van der Waals surface area contributed by atoms with Gasteiger partial charge in [0.05, 0.1) is 18.7 Å². The van der Waals surface area contributed by atoms with Crippen molar-refractivity contribution >= 4 is 58.6 Å². The highest BCUT2D eigenvalue weighted by atomic mass is 16.6. The van der Waals surface area contributed by atoms with E-state index >= 15 is 0 Å². The molecule has 352 valence electrons. The van der Waals surface area contributed by atoms with Crippen LogP contribution in [0.5, 0.6) is 0 Å². The number of carbonyl (C=O) groups is 8. The zero-order valence-electron chi connectivity index (χ0n) is 38.3. The molecule has 64 heavy (non-hydrogen) atoms. The first-order chi connectivity index (χ1) is 29.9. The molecule has 6 rings (SSSR count). The number of nitrogens with zero attached hydrogens (tertiary/aromatic N) is 5. The summed E-state index contributed by atoms with van der Waals surface area (Å²) in [6.45, 7) is 14.0. The lowest BCUT2D eigenvalue weighted by molar-refractivity contribution is -0.155. The van der Waals surface area contributed by atoms with Gasteiger partial charge in [0.15, 0.2) is 0 Å². The van der Waals surface area contributed by atoms with E-state index in [4.69, 9.17) is 18.9 Å². The minimum Gasteiger partial charge on any atom is -0.480 e. The van der Waals surface area contributed by atoms with E-state index in [1.54, 1.807) is 59.2 Å². The van der Waals surface area contributed by atoms with Crippen LogP contribution < -0.4 is 10.6 Å². The minimum absolute atomic E-state index is 0.208. The molecular formula is C44H63N7O13. The van der Waals surface area contributed by atoms with Crippen LogP contribution >= 0.6 is 0 Å². The summed E-state index contributed by atoms with van der Waals surface area (Å²) in [4.78, 5) is 107. The molecule has 4 aliphatic rings. The molecule has 1 aromatic heterocycles. The molecule has 0 aliphatic carbocycles. The average molecular weight is 898 g/mol. The number of benzene rings is 1. The van der Waals surface area contributed by atoms with Gasteiger partial charge in [-0.3, -0.25) is 38.3 Å². The first-order valence-corrected chi connectivity index (χ1v) is 21.6. The molecule has 8 atom stereocenters. The highest BCUT2D eigenvalue weighted by Crippen LogP contribution is 2.32. The second-order valence-corrected chi connectivity index (χ2v) is 18.5. The van der Waals surface area contributed by atoms with Gasteiger partial charge in [0.25, 0.3) is 5.91 Å². The van der Waals surface area contributed by atoms with Gasteiger partial charge in [-0.15, -0.1) is 0 Å². The molecule has 0 bridgehead atoms. The van der Waals surface area contributed by atoms with E-state index in [1.165, 1.54) is 35.7 Å². The maximum absolute atomic E-state index is 13.6. The van der Waals surface area contributed by atoms with Crippen molar-refractivity contribution < 1.29 is 62.4 Å². The van der Waals surface area contributed by atoms with Crippen LogP contribution in [-0.4, -0.2) is 164 Å². The van der Waals surface area contributed by atoms with Gasteiger partial charge in [0.1, 0.15) is 59.9 Å². The number of hydrogen-bond donors (Lipinski definition) is 3. The summed E-state index contributed by atoms with van der Waals surface area (Å²) in [5.74, 6) is -3.15. The third kappa shape index (κ3) is 11.5. The van der Waals surface area contributed by atoms with Gasteiger partial charge in [-0.05, 0) is 93.2 Å². The summed E-state index contributed by atoms with van der Waals surface area (Å²) in [6.07, 6.45) is 1.60. The predicted octanol–water partition coefficient (Wildman–Crippen LogP) is 3.31. The fraction of sp³-hybridized carbons (Fsp3) is 0.636. The molecule has 0 saturated carbocycles. The lowest BCUT2D eigenvalue weighted by atomic mass is 10.1. The Labute approximate surface area is 372 Å². The average Bonchev–Trinajstić information content (AvgIpc) is 3.92. The van der Waals surface area contributed by atoms with E-state index in [9.17, 15) is 43.5 Å². The third-order valence-electron chi connectivity index (χ3n) is 11.5. The number of para-hydroxylation sites is 1. The molecular weight excluding hydrogens is 835 g/mol. The number of nitrogens with one attached hydrogen (secondary N) is 2. The fourth-order valence-corrected chi connectivity index (χ4v) is 7.84. The van der Waals surface area contributed by atoms with Gasteiger partial charge in [0.2, 0.25) is 23.6 Å². The van der Waals surface area contributed by atoms with Crippen molar-refractivity contribution in [3.63, 3.8) is 0 Å². The van der Waals surface area contributed by atoms with Crippen LogP contribution in [0.1, 0.15) is 98.7 Å². The maximum Gasteiger partial charge on any atom is 0.410 e. The number of aromatic nitrogens is 1. The number of carbonyl (C=O) groups excluding carboxylic acids is 7. The Kier molecular flexibility index (Phi) is 15.4. The van der Waals surface area contributed by atoms with Crippen LogP contribution in [0.15, 0.2) is 36.5 Å². The summed E-state index contributed by atoms with van der Waals surface area (Å²) in [7, 11) is 2.91. The van der Waals surface area contributed by atoms with Crippen molar-refractivity contribution in [1.29, 1.82) is 0 Å². The van der Waals surface area contributed by atoms with Gasteiger partial charge >= 0.3 is 18.2 Å². The second-order valence-electron chi connectivity index (χ2n) is 18.5. The Bertz CT molecular complexity index is 2090. The van der Waals surface area contributed by atoms with Crippen LogP contribution in [-0.2, 0) is 42.9 Å². The van der Waals surface area contributed by atoms with E-state index in [-0.39, 0.29) is 37.9 Å². The van der Waals surface area contributed by atoms with E-state index in [2.05, 4.69) is 10.6 Å². The van der Waals surface area contributed by atoms with Crippen molar-refractivity contribution in [1.82, 2.24) is 34.8 Å². The maximum atomic E-state index is 13.6. The van der Waals surface area contributed by atoms with Crippen LogP contribution in [0.2, 0.25) is 0 Å². The molecule has 0 radical (unpaired) electrons. The molecule has 4 saturated heterocycles. The number of likely N-dealkylation sites (N-methyl/N-ethyl adjacent to an activating group) is 2. The second kappa shape index (κ2) is 20.0. The van der Waals surface area contributed by atoms with E-state index in [0.717, 1.165) is 15.8 Å². The SMILES string of the molecule is C[C@@H](C(=O)N[C@@H]1CCO[C@H]2CC[C@H](C(=O)n3ccc4ccccc43)N2C1=O)N(C)C(=O)OC(C)(C)C.C[C@@H](C(=O)N[C@H]1CCO[C@H]2CC[C@H](C(=O)O)N2C1=O)N(C)C(=O)OC(C)(C)C. The highest BCUT2D eigenvalue weighted by molar-refractivity contribution is 5.99. The molecule has 20 heteroatoms. The summed E-state index contributed by atoms with van der Waals surface area (Å²) < 4.78 is 23.7. The van der Waals surface area contributed by atoms with Gasteiger partial charge < -0.3 is 44.5 Å². The molecule has 1 aromatic carbocycles. The number of hydrogen-bond acceptors (Lipinski definition) is 12. The number of carboxylic acid groups (broad SMARTS) is 1. The minimum atomic E-state index is -1.09. The Hall–Kier alpha value is -5.76. The van der Waals surface area contributed by atoms with Gasteiger partial charge in [0, 0.05) is 38.5 Å². The predicted molar refractivity (Wildman–Crippen MR) is 229 cm³/mol. The van der Waals surface area contributed by atoms with Crippen molar-refractivity contribution in [3.8, 4) is 0 Å². The highest BCUT2D eigenvalue weighted by Gasteiger charge is 2.48. The lowest BCUT2D eigenvalue weighted by Crippen LogP contribution is -2.56. The van der Waals surface area contributed by atoms with Gasteiger partial charge in [-0.25, -0.2) is 14.4 Å². The first-order valence-electron chi connectivity index (χ1n) is 21.6. The zero-order chi connectivity index (χ0) is 47.4. The molecule has 2 aromatic rings. The normalized spacial score (nSPS) is 24.4. The monoisotopic (exact) mass is 897 g/mol. The van der Waals surface area contributed by atoms with Crippen molar-refractivity contribution in [2.75, 3.05) is 27.3 Å². The van der Waals surface area contributed by atoms with E-state index < -0.39 is 95.8 Å². The Morgan fingerprint density at radius 3 is 1.58 bits per heavy atom. The zero-order valence-corrected chi connectivity index (χ0v) is 38.3. The quantitative estimate of drug-likeness (QED) is 0.346. The number of ether oxygens (including phenoxy) is 4. The van der Waals surface area contributed by atoms with Crippen LogP contribution in [0, 0.1) is 0 Å². The van der Waals surface area contributed by atoms with Gasteiger partial charge in [-0.2, -0.15) is 0 Å². The number of rotatable bonds is 8. The summed E-state index contributed by atoms with van der Waals surface area (Å²) in [5.41, 5.74) is -0.627. The molecule has 4 fully saturated rings. The molecule has 0 unspecified atom stereocenters. The number of amides is 6. The van der Waals surface area contributed by atoms with E-state index in [1.807, 2.05) is 30.3 Å². The molecule has 5 heterocycles. The largest absolute Gasteiger partial charge is 0.480 e. The van der Waals surface area contributed by atoms with Crippen molar-refractivity contribution in [2.24, 2.45) is 0 Å². The summed E-state index contributed by atoms with van der Waals surface area (Å²) >= 11 is 0. The lowest BCUT2D eigenvalue weighted by Gasteiger charge is -2.31. The smallest absolute Gasteiger partial charge is 0.410 e.